The molecule has 10 atom stereocenters. The molecule has 0 aliphatic heterocycles. The Balaban J connectivity index is 0.991. The largest absolute Gasteiger partial charge is 0.481 e. The van der Waals surface area contributed by atoms with Gasteiger partial charge in [0.2, 0.25) is 0 Å². The maximum Gasteiger partial charge on any atom is 0.306 e. The molecule has 4 rings (SSSR count). The van der Waals surface area contributed by atoms with Gasteiger partial charge in [-0.2, -0.15) is 0 Å². The molecule has 0 heterocycles. The smallest absolute Gasteiger partial charge is 0.306 e. The zero-order chi connectivity index (χ0) is 39.5. The molecule has 4 aliphatic carbocycles. The lowest BCUT2D eigenvalue weighted by atomic mass is 9.43. The molecule has 4 aliphatic rings. The van der Waals surface area contributed by atoms with E-state index in [1.165, 1.54) is 141 Å². The summed E-state index contributed by atoms with van der Waals surface area (Å²) in [6.45, 7) is 9.36. The van der Waals surface area contributed by atoms with Gasteiger partial charge in [-0.15, -0.1) is 0 Å². The summed E-state index contributed by atoms with van der Waals surface area (Å²) in [5.74, 6) is 2.34. The van der Waals surface area contributed by atoms with Crippen LogP contribution in [0.15, 0.2) is 12.2 Å². The van der Waals surface area contributed by atoms with E-state index in [4.69, 9.17) is 4.74 Å². The summed E-state index contributed by atoms with van der Waals surface area (Å²) in [6, 6.07) is 0. The Labute approximate surface area is 339 Å². The summed E-state index contributed by atoms with van der Waals surface area (Å²) < 4.78 is 6.12. The molecule has 10 unspecified atom stereocenters. The predicted molar refractivity (Wildman–Crippen MR) is 229 cm³/mol. The summed E-state index contributed by atoms with van der Waals surface area (Å²) in [5.41, 5.74) is 0.114. The minimum absolute atomic E-state index is 0.0131. The number of rotatable bonds is 28. The number of aliphatic hydroxyl groups excluding tert-OH is 1. The summed E-state index contributed by atoms with van der Waals surface area (Å²) >= 11 is 0. The van der Waals surface area contributed by atoms with Gasteiger partial charge < -0.3 is 14.9 Å². The quantitative estimate of drug-likeness (QED) is 0.0470. The molecule has 0 saturated heterocycles. The van der Waals surface area contributed by atoms with E-state index in [-0.39, 0.29) is 35.4 Å². The Bertz CT molecular complexity index is 1120. The normalized spacial score (nSPS) is 32.2. The molecule has 5 heteroatoms. The van der Waals surface area contributed by atoms with E-state index in [1.54, 1.807) is 0 Å². The molecule has 0 spiro atoms. The van der Waals surface area contributed by atoms with Crippen molar-refractivity contribution in [1.29, 1.82) is 0 Å². The summed E-state index contributed by atoms with van der Waals surface area (Å²) in [4.78, 5) is 24.2. The fourth-order valence-electron chi connectivity index (χ4n) is 12.8. The van der Waals surface area contributed by atoms with E-state index >= 15 is 0 Å². The zero-order valence-electron chi connectivity index (χ0n) is 36.5. The maximum atomic E-state index is 12.9. The first-order valence-electron chi connectivity index (χ1n) is 24.4. The minimum Gasteiger partial charge on any atom is -0.481 e. The van der Waals surface area contributed by atoms with Crippen LogP contribution in [0.25, 0.3) is 0 Å². The number of carbonyl (C=O) groups excluding carboxylic acids is 1. The van der Waals surface area contributed by atoms with Crippen molar-refractivity contribution < 1.29 is 24.5 Å². The topological polar surface area (TPSA) is 83.8 Å². The van der Waals surface area contributed by atoms with Crippen LogP contribution in [0.2, 0.25) is 0 Å². The van der Waals surface area contributed by atoms with Crippen LogP contribution in [-0.2, 0) is 14.3 Å². The molecule has 0 aromatic rings. The Kier molecular flexibility index (Phi) is 20.7. The van der Waals surface area contributed by atoms with Gasteiger partial charge in [-0.1, -0.05) is 143 Å². The number of aliphatic hydroxyl groups is 1. The first-order valence-corrected chi connectivity index (χ1v) is 24.4. The van der Waals surface area contributed by atoms with Crippen molar-refractivity contribution in [1.82, 2.24) is 0 Å². The molecule has 5 nitrogen and oxygen atoms in total. The Morgan fingerprint density at radius 3 is 1.84 bits per heavy atom. The first-order chi connectivity index (χ1) is 26.6. The summed E-state index contributed by atoms with van der Waals surface area (Å²) in [7, 11) is 0. The number of carboxylic acid groups (broad SMARTS) is 1. The van der Waals surface area contributed by atoms with Gasteiger partial charge in [0.25, 0.3) is 0 Å². The van der Waals surface area contributed by atoms with Crippen LogP contribution in [0.4, 0.5) is 0 Å². The van der Waals surface area contributed by atoms with Crippen molar-refractivity contribution in [3.63, 3.8) is 0 Å². The number of allylic oxidation sites excluding steroid dienone is 2. The standard InChI is InChI=1S/C50H88O5/c1-5-6-7-8-9-10-11-12-13-14-15-16-17-18-19-20-21-22-23-24-25-26-27-28-48(54)55-41-35-36-49(3)40(37-41)30-31-42-44-33-32-43(39(2)29-34-47(52)53)50(44,4)46(51)38-45(42)49/h14-15,39-46,51H,5-13,16-38H2,1-4H3,(H,52,53)/b15-14-. The molecule has 2 N–H and O–H groups in total. The van der Waals surface area contributed by atoms with Gasteiger partial charge in [-0.05, 0) is 136 Å². The fraction of sp³-hybridized carbons (Fsp3) is 0.920. The van der Waals surface area contributed by atoms with Gasteiger partial charge in [0, 0.05) is 12.8 Å². The molecule has 0 bridgehead atoms. The number of hydrogen-bond donors (Lipinski definition) is 2. The Morgan fingerprint density at radius 1 is 0.691 bits per heavy atom. The van der Waals surface area contributed by atoms with Gasteiger partial charge in [0.15, 0.2) is 0 Å². The molecule has 4 saturated carbocycles. The molecular formula is C50H88O5. The summed E-state index contributed by atoms with van der Waals surface area (Å²) in [5, 5.41) is 21.1. The van der Waals surface area contributed by atoms with Gasteiger partial charge in [0.05, 0.1) is 6.10 Å². The highest BCUT2D eigenvalue weighted by atomic mass is 16.5. The average Bonchev–Trinajstić information content (AvgIpc) is 3.53. The highest BCUT2D eigenvalue weighted by molar-refractivity contribution is 5.69. The minimum atomic E-state index is -0.710. The van der Waals surface area contributed by atoms with E-state index in [0.29, 0.717) is 48.3 Å². The van der Waals surface area contributed by atoms with Crippen molar-refractivity contribution in [3.05, 3.63) is 12.2 Å². The lowest BCUT2D eigenvalue weighted by Gasteiger charge is -2.62. The van der Waals surface area contributed by atoms with Crippen LogP contribution < -0.4 is 0 Å². The molecule has 0 amide bonds. The van der Waals surface area contributed by atoms with Gasteiger partial charge in [-0.3, -0.25) is 9.59 Å². The second-order valence-electron chi connectivity index (χ2n) is 19.9. The molecule has 4 fully saturated rings. The third-order valence-electron chi connectivity index (χ3n) is 16.2. The lowest BCUT2D eigenvalue weighted by molar-refractivity contribution is -0.181. The number of carboxylic acids is 1. The molecule has 0 aromatic heterocycles. The van der Waals surface area contributed by atoms with Gasteiger partial charge in [0.1, 0.15) is 6.10 Å². The molecular weight excluding hydrogens is 681 g/mol. The monoisotopic (exact) mass is 769 g/mol. The maximum absolute atomic E-state index is 12.9. The van der Waals surface area contributed by atoms with E-state index in [0.717, 1.165) is 44.9 Å². The van der Waals surface area contributed by atoms with E-state index in [9.17, 15) is 19.8 Å². The van der Waals surface area contributed by atoms with Crippen LogP contribution >= 0.6 is 0 Å². The average molecular weight is 769 g/mol. The third kappa shape index (κ3) is 13.9. The lowest BCUT2D eigenvalue weighted by Crippen LogP contribution is -2.59. The van der Waals surface area contributed by atoms with Crippen molar-refractivity contribution in [2.75, 3.05) is 0 Å². The molecule has 318 valence electrons. The number of unbranched alkanes of at least 4 members (excludes halogenated alkanes) is 19. The Morgan fingerprint density at radius 2 is 1.25 bits per heavy atom. The number of aliphatic carboxylic acids is 1. The third-order valence-corrected chi connectivity index (χ3v) is 16.2. The number of esters is 1. The van der Waals surface area contributed by atoms with Crippen molar-refractivity contribution in [2.24, 2.45) is 46.3 Å². The van der Waals surface area contributed by atoms with E-state index < -0.39 is 5.97 Å². The van der Waals surface area contributed by atoms with Crippen LogP contribution in [0, 0.1) is 46.3 Å². The first kappa shape index (κ1) is 46.3. The number of hydrogen-bond acceptors (Lipinski definition) is 4. The fourth-order valence-corrected chi connectivity index (χ4v) is 12.8. The second kappa shape index (κ2) is 24.5. The van der Waals surface area contributed by atoms with Crippen molar-refractivity contribution >= 4 is 11.9 Å². The van der Waals surface area contributed by atoms with Crippen LogP contribution in [0.1, 0.15) is 233 Å². The van der Waals surface area contributed by atoms with Crippen LogP contribution in [0.3, 0.4) is 0 Å². The number of fused-ring (bicyclic) bond motifs is 5. The zero-order valence-corrected chi connectivity index (χ0v) is 36.5. The van der Waals surface area contributed by atoms with Gasteiger partial charge >= 0.3 is 11.9 Å². The highest BCUT2D eigenvalue weighted by Crippen LogP contribution is 2.68. The van der Waals surface area contributed by atoms with E-state index in [1.807, 2.05) is 0 Å². The highest BCUT2D eigenvalue weighted by Gasteiger charge is 2.63. The second-order valence-corrected chi connectivity index (χ2v) is 19.9. The van der Waals surface area contributed by atoms with Crippen LogP contribution in [-0.4, -0.2) is 34.4 Å². The van der Waals surface area contributed by atoms with Gasteiger partial charge in [-0.25, -0.2) is 0 Å². The Hall–Kier alpha value is -1.36. The molecule has 55 heavy (non-hydrogen) atoms. The molecule has 0 radical (unpaired) electrons. The molecule has 0 aromatic carbocycles. The van der Waals surface area contributed by atoms with Crippen LogP contribution in [0.5, 0.6) is 0 Å². The SMILES string of the molecule is CCCCCCCCCC/C=C\CCCCCCCCCCCCCC(=O)OC1CCC2(C)C(CCC3C2CC(O)C2(C)C(C(C)CCC(=O)O)CCC32)C1. The van der Waals surface area contributed by atoms with Crippen molar-refractivity contribution in [2.45, 2.75) is 245 Å². The van der Waals surface area contributed by atoms with Crippen molar-refractivity contribution in [3.8, 4) is 0 Å². The number of ether oxygens (including phenoxy) is 1. The number of carbonyl (C=O) groups is 2. The summed E-state index contributed by atoms with van der Waals surface area (Å²) in [6.07, 6.45) is 42.8. The van der Waals surface area contributed by atoms with E-state index in [2.05, 4.69) is 39.8 Å². The predicted octanol–water partition coefficient (Wildman–Crippen LogP) is 14.2.